The maximum absolute atomic E-state index is 12.1. The van der Waals surface area contributed by atoms with Gasteiger partial charge in [0, 0.05) is 11.3 Å². The summed E-state index contributed by atoms with van der Waals surface area (Å²) >= 11 is 0. The van der Waals surface area contributed by atoms with Crippen LogP contribution >= 0.6 is 0 Å². The van der Waals surface area contributed by atoms with Gasteiger partial charge in [-0.25, -0.2) is 0 Å². The van der Waals surface area contributed by atoms with Crippen molar-refractivity contribution in [2.24, 2.45) is 0 Å². The number of hydrogen-bond acceptors (Lipinski definition) is 3. The van der Waals surface area contributed by atoms with Crippen LogP contribution in [0, 0.1) is 0 Å². The fourth-order valence-electron chi connectivity index (χ4n) is 2.14. The summed E-state index contributed by atoms with van der Waals surface area (Å²) in [6.07, 6.45) is 0. The highest BCUT2D eigenvalue weighted by Gasteiger charge is 2.09. The van der Waals surface area contributed by atoms with Crippen molar-refractivity contribution in [1.82, 2.24) is 0 Å². The van der Waals surface area contributed by atoms with Crippen LogP contribution in [0.25, 0.3) is 10.8 Å². The summed E-state index contributed by atoms with van der Waals surface area (Å²) < 4.78 is 0. The molecule has 0 saturated heterocycles. The number of phenols is 2. The molecule has 1 amide bonds. The van der Waals surface area contributed by atoms with Gasteiger partial charge in [-0.2, -0.15) is 0 Å². The number of carbonyl (C=O) groups excluding carboxylic acids is 1. The van der Waals surface area contributed by atoms with Gasteiger partial charge < -0.3 is 15.5 Å². The molecule has 21 heavy (non-hydrogen) atoms. The zero-order valence-electron chi connectivity index (χ0n) is 11.1. The average Bonchev–Trinajstić information content (AvgIpc) is 2.50. The lowest BCUT2D eigenvalue weighted by atomic mass is 10.1. The molecule has 4 heteroatoms. The minimum atomic E-state index is -0.347. The molecule has 0 saturated carbocycles. The molecule has 4 nitrogen and oxygen atoms in total. The molecule has 0 fully saturated rings. The fraction of sp³-hybridized carbons (Fsp3) is 0. The molecule has 0 aliphatic carbocycles. The van der Waals surface area contributed by atoms with E-state index in [2.05, 4.69) is 5.32 Å². The van der Waals surface area contributed by atoms with Gasteiger partial charge in [-0.15, -0.1) is 0 Å². The van der Waals surface area contributed by atoms with Crippen molar-refractivity contribution in [2.75, 3.05) is 5.32 Å². The summed E-state index contributed by atoms with van der Waals surface area (Å²) in [5, 5.41) is 23.6. The number of anilines is 1. The Morgan fingerprint density at radius 3 is 2.33 bits per heavy atom. The van der Waals surface area contributed by atoms with Crippen LogP contribution in [0.2, 0.25) is 0 Å². The molecule has 0 unspecified atom stereocenters. The predicted molar refractivity (Wildman–Crippen MR) is 81.7 cm³/mol. The second-order valence-corrected chi connectivity index (χ2v) is 4.72. The van der Waals surface area contributed by atoms with Gasteiger partial charge in [0.1, 0.15) is 0 Å². The lowest BCUT2D eigenvalue weighted by Crippen LogP contribution is -2.11. The van der Waals surface area contributed by atoms with E-state index in [-0.39, 0.29) is 23.0 Å². The highest BCUT2D eigenvalue weighted by atomic mass is 16.3. The first-order chi connectivity index (χ1) is 10.1. The summed E-state index contributed by atoms with van der Waals surface area (Å²) in [5.41, 5.74) is 0.949. The van der Waals surface area contributed by atoms with Crippen LogP contribution in [-0.4, -0.2) is 16.1 Å². The first kappa shape index (κ1) is 13.0. The number of phenolic OH excluding ortho intramolecular Hbond substituents is 2. The Kier molecular flexibility index (Phi) is 3.20. The van der Waals surface area contributed by atoms with E-state index >= 15 is 0 Å². The van der Waals surface area contributed by atoms with Crippen molar-refractivity contribution in [3.63, 3.8) is 0 Å². The molecule has 3 rings (SSSR count). The van der Waals surface area contributed by atoms with Crippen LogP contribution in [-0.2, 0) is 0 Å². The van der Waals surface area contributed by atoms with E-state index in [0.29, 0.717) is 5.69 Å². The molecule has 3 aromatic rings. The maximum atomic E-state index is 12.1. The van der Waals surface area contributed by atoms with Gasteiger partial charge in [-0.05, 0) is 41.1 Å². The number of carbonyl (C=O) groups is 1. The maximum Gasteiger partial charge on any atom is 0.255 e. The first-order valence-electron chi connectivity index (χ1n) is 6.45. The third-order valence-corrected chi connectivity index (χ3v) is 3.24. The van der Waals surface area contributed by atoms with Gasteiger partial charge in [0.05, 0.1) is 0 Å². The van der Waals surface area contributed by atoms with Crippen molar-refractivity contribution < 1.29 is 15.0 Å². The lowest BCUT2D eigenvalue weighted by molar-refractivity contribution is 0.102. The molecule has 0 bridgehead atoms. The fourth-order valence-corrected chi connectivity index (χ4v) is 2.14. The van der Waals surface area contributed by atoms with Crippen molar-refractivity contribution in [2.45, 2.75) is 0 Å². The molecular formula is C17H13NO3. The second kappa shape index (κ2) is 5.17. The Balaban J connectivity index is 1.87. The summed E-state index contributed by atoms with van der Waals surface area (Å²) in [7, 11) is 0. The van der Waals surface area contributed by atoms with E-state index in [9.17, 15) is 15.0 Å². The van der Waals surface area contributed by atoms with Crippen LogP contribution < -0.4 is 5.32 Å². The molecule has 0 spiro atoms. The van der Waals surface area contributed by atoms with Gasteiger partial charge in [-0.3, -0.25) is 4.79 Å². The lowest BCUT2D eigenvalue weighted by Gasteiger charge is -2.07. The Hall–Kier alpha value is -3.01. The normalized spacial score (nSPS) is 10.5. The van der Waals surface area contributed by atoms with E-state index in [1.807, 2.05) is 42.5 Å². The zero-order chi connectivity index (χ0) is 14.8. The van der Waals surface area contributed by atoms with Crippen molar-refractivity contribution in [3.05, 3.63) is 66.2 Å². The van der Waals surface area contributed by atoms with Gasteiger partial charge >= 0.3 is 0 Å². The minimum Gasteiger partial charge on any atom is -0.504 e. The van der Waals surface area contributed by atoms with Crippen molar-refractivity contribution in [1.29, 1.82) is 0 Å². The molecular weight excluding hydrogens is 266 g/mol. The third kappa shape index (κ3) is 2.65. The van der Waals surface area contributed by atoms with Gasteiger partial charge in [0.15, 0.2) is 11.5 Å². The Morgan fingerprint density at radius 2 is 1.57 bits per heavy atom. The predicted octanol–water partition coefficient (Wildman–Crippen LogP) is 3.50. The van der Waals surface area contributed by atoms with Gasteiger partial charge in [0.2, 0.25) is 0 Å². The van der Waals surface area contributed by atoms with Crippen molar-refractivity contribution in [3.8, 4) is 11.5 Å². The second-order valence-electron chi connectivity index (χ2n) is 4.72. The third-order valence-electron chi connectivity index (χ3n) is 3.24. The quantitative estimate of drug-likeness (QED) is 0.629. The molecule has 0 radical (unpaired) electrons. The van der Waals surface area contributed by atoms with Crippen LogP contribution in [0.3, 0.4) is 0 Å². The van der Waals surface area contributed by atoms with Crippen LogP contribution in [0.4, 0.5) is 5.69 Å². The summed E-state index contributed by atoms with van der Waals surface area (Å²) in [4.78, 5) is 12.1. The number of rotatable bonds is 2. The summed E-state index contributed by atoms with van der Waals surface area (Å²) in [6.45, 7) is 0. The molecule has 0 heterocycles. The number of hydrogen-bond donors (Lipinski definition) is 3. The first-order valence-corrected chi connectivity index (χ1v) is 6.45. The molecule has 0 aliphatic rings. The number of nitrogens with one attached hydrogen (secondary N) is 1. The molecule has 0 aliphatic heterocycles. The van der Waals surface area contributed by atoms with Crippen LogP contribution in [0.15, 0.2) is 60.7 Å². The minimum absolute atomic E-state index is 0.253. The SMILES string of the molecule is O=C(Nc1ccc2ccccc2c1)c1ccc(O)c(O)c1. The number of benzene rings is 3. The standard InChI is InChI=1S/C17H13NO3/c19-15-8-6-13(10-16(15)20)17(21)18-14-7-5-11-3-1-2-4-12(11)9-14/h1-10,19-20H,(H,18,21). The van der Waals surface area contributed by atoms with Crippen LogP contribution in [0.5, 0.6) is 11.5 Å². The largest absolute Gasteiger partial charge is 0.504 e. The molecule has 3 aromatic carbocycles. The average molecular weight is 279 g/mol. The van der Waals surface area contributed by atoms with Crippen molar-refractivity contribution >= 4 is 22.4 Å². The van der Waals surface area contributed by atoms with Crippen LogP contribution in [0.1, 0.15) is 10.4 Å². The Bertz CT molecular complexity index is 827. The monoisotopic (exact) mass is 279 g/mol. The number of fused-ring (bicyclic) bond motifs is 1. The van der Waals surface area contributed by atoms with E-state index < -0.39 is 0 Å². The molecule has 0 atom stereocenters. The Labute approximate surface area is 121 Å². The molecule has 0 aromatic heterocycles. The Morgan fingerprint density at radius 1 is 0.810 bits per heavy atom. The molecule has 3 N–H and O–H groups in total. The summed E-state index contributed by atoms with van der Waals surface area (Å²) in [6, 6.07) is 17.5. The van der Waals surface area contributed by atoms with E-state index in [4.69, 9.17) is 0 Å². The zero-order valence-corrected chi connectivity index (χ0v) is 11.1. The van der Waals surface area contributed by atoms with Gasteiger partial charge in [0.25, 0.3) is 5.91 Å². The smallest absolute Gasteiger partial charge is 0.255 e. The number of aromatic hydroxyl groups is 2. The molecule has 104 valence electrons. The number of amides is 1. The van der Waals surface area contributed by atoms with E-state index in [1.165, 1.54) is 18.2 Å². The highest BCUT2D eigenvalue weighted by Crippen LogP contribution is 2.25. The van der Waals surface area contributed by atoms with E-state index in [1.54, 1.807) is 0 Å². The van der Waals surface area contributed by atoms with Gasteiger partial charge in [-0.1, -0.05) is 30.3 Å². The summed E-state index contributed by atoms with van der Waals surface area (Å²) in [5.74, 6) is -0.918. The topological polar surface area (TPSA) is 69.6 Å². The van der Waals surface area contributed by atoms with E-state index in [0.717, 1.165) is 10.8 Å². The highest BCUT2D eigenvalue weighted by molar-refractivity contribution is 6.05.